The van der Waals surface area contributed by atoms with Crippen LogP contribution < -0.4 is 0 Å². The van der Waals surface area contributed by atoms with Crippen LogP contribution in [0.4, 0.5) is 0 Å². The molecule has 3 aliphatic carbocycles. The van der Waals surface area contributed by atoms with E-state index < -0.39 is 0 Å². The van der Waals surface area contributed by atoms with E-state index in [1.54, 1.807) is 0 Å². The van der Waals surface area contributed by atoms with Crippen molar-refractivity contribution in [1.29, 1.82) is 0 Å². The molecule has 2 saturated carbocycles. The highest BCUT2D eigenvalue weighted by Crippen LogP contribution is 2.62. The molecular formula is C18H26O3. The molecule has 4 rings (SSSR count). The van der Waals surface area contributed by atoms with Gasteiger partial charge in [-0.05, 0) is 66.8 Å². The summed E-state index contributed by atoms with van der Waals surface area (Å²) in [6, 6.07) is 0. The third kappa shape index (κ3) is 1.73. The number of carbonyl (C=O) groups is 1. The van der Waals surface area contributed by atoms with Crippen molar-refractivity contribution >= 4 is 5.78 Å². The molecule has 0 radical (unpaired) electrons. The molecule has 1 aliphatic heterocycles. The minimum atomic E-state index is -0.0429. The molecule has 0 aromatic heterocycles. The molecule has 0 spiro atoms. The van der Waals surface area contributed by atoms with E-state index in [2.05, 4.69) is 13.8 Å². The maximum atomic E-state index is 11.9. The molecule has 1 heterocycles. The van der Waals surface area contributed by atoms with Gasteiger partial charge in [0.2, 0.25) is 0 Å². The zero-order chi connectivity index (χ0) is 14.8. The van der Waals surface area contributed by atoms with Gasteiger partial charge in [0, 0.05) is 13.0 Å². The molecule has 3 fully saturated rings. The Morgan fingerprint density at radius 3 is 2.76 bits per heavy atom. The predicted molar refractivity (Wildman–Crippen MR) is 79.9 cm³/mol. The molecule has 5 atom stereocenters. The molecule has 0 unspecified atom stereocenters. The van der Waals surface area contributed by atoms with Gasteiger partial charge in [0.05, 0.1) is 6.10 Å². The zero-order valence-electron chi connectivity index (χ0n) is 13.2. The van der Waals surface area contributed by atoms with Crippen LogP contribution >= 0.6 is 0 Å². The fraction of sp³-hybridized carbons (Fsp3) is 0.833. The van der Waals surface area contributed by atoms with Gasteiger partial charge >= 0.3 is 0 Å². The number of rotatable bonds is 0. The lowest BCUT2D eigenvalue weighted by molar-refractivity contribution is -0.123. The zero-order valence-corrected chi connectivity index (χ0v) is 13.2. The van der Waals surface area contributed by atoms with Gasteiger partial charge < -0.3 is 9.84 Å². The van der Waals surface area contributed by atoms with Crippen molar-refractivity contribution in [3.63, 3.8) is 0 Å². The molecule has 3 heteroatoms. The summed E-state index contributed by atoms with van der Waals surface area (Å²) in [6.07, 6.45) is 7.43. The summed E-state index contributed by atoms with van der Waals surface area (Å²) in [5.74, 6) is 1.25. The number of ether oxygens (including phenoxy) is 1. The SMILES string of the molecule is C[C@@]12CCO[C@H]1[C@@H]1CCC3=C(O)C(=O)CC[C@]3(C)[C@H]1CC2. The van der Waals surface area contributed by atoms with Crippen molar-refractivity contribution in [2.45, 2.75) is 64.9 Å². The summed E-state index contributed by atoms with van der Waals surface area (Å²) in [7, 11) is 0. The van der Waals surface area contributed by atoms with Crippen LogP contribution in [0.1, 0.15) is 58.8 Å². The second-order valence-electron chi connectivity index (χ2n) is 8.21. The quantitative estimate of drug-likeness (QED) is 0.738. The molecule has 1 saturated heterocycles. The Kier molecular flexibility index (Phi) is 2.86. The number of ketones is 1. The Morgan fingerprint density at radius 1 is 1.14 bits per heavy atom. The first-order chi connectivity index (χ1) is 9.96. The summed E-state index contributed by atoms with van der Waals surface area (Å²) in [5, 5.41) is 10.3. The highest BCUT2D eigenvalue weighted by Gasteiger charge is 2.58. The van der Waals surface area contributed by atoms with Gasteiger partial charge in [0.15, 0.2) is 11.5 Å². The highest BCUT2D eigenvalue weighted by molar-refractivity contribution is 5.95. The molecular weight excluding hydrogens is 264 g/mol. The van der Waals surface area contributed by atoms with Crippen LogP contribution in [0, 0.1) is 22.7 Å². The van der Waals surface area contributed by atoms with Crippen LogP contribution in [0.5, 0.6) is 0 Å². The molecule has 0 aromatic carbocycles. The molecule has 0 aromatic rings. The first-order valence-corrected chi connectivity index (χ1v) is 8.53. The predicted octanol–water partition coefficient (Wildman–Crippen LogP) is 3.78. The number of aliphatic hydroxyl groups excluding tert-OH is 1. The molecule has 4 aliphatic rings. The molecule has 3 nitrogen and oxygen atoms in total. The lowest BCUT2D eigenvalue weighted by Crippen LogP contribution is -2.52. The fourth-order valence-electron chi connectivity index (χ4n) is 5.93. The Hall–Kier alpha value is -0.830. The topological polar surface area (TPSA) is 46.5 Å². The first kappa shape index (κ1) is 13.8. The van der Waals surface area contributed by atoms with Crippen LogP contribution in [0.2, 0.25) is 0 Å². The maximum absolute atomic E-state index is 11.9. The summed E-state index contributed by atoms with van der Waals surface area (Å²) in [4.78, 5) is 11.9. The molecule has 21 heavy (non-hydrogen) atoms. The number of hydrogen-bond acceptors (Lipinski definition) is 3. The van der Waals surface area contributed by atoms with Crippen molar-refractivity contribution in [1.82, 2.24) is 0 Å². The number of aliphatic hydroxyl groups is 1. The number of hydrogen-bond donors (Lipinski definition) is 1. The Balaban J connectivity index is 1.72. The van der Waals surface area contributed by atoms with E-state index in [1.807, 2.05) is 0 Å². The number of carbonyl (C=O) groups excluding carboxylic acids is 1. The summed E-state index contributed by atoms with van der Waals surface area (Å²) < 4.78 is 6.16. The van der Waals surface area contributed by atoms with Crippen molar-refractivity contribution in [3.05, 3.63) is 11.3 Å². The summed E-state index contributed by atoms with van der Waals surface area (Å²) >= 11 is 0. The fourth-order valence-corrected chi connectivity index (χ4v) is 5.93. The molecule has 1 N–H and O–H groups in total. The Labute approximate surface area is 126 Å². The first-order valence-electron chi connectivity index (χ1n) is 8.53. The standard InChI is InChI=1S/C18H26O3/c1-17-7-5-12-11(16(17)21-10-9-17)3-4-13-15(20)14(19)6-8-18(12,13)2/h11-12,16,20H,3-10H2,1-2H3/t11-,12+,16+,17-,18-/m1/s1. The second kappa shape index (κ2) is 4.34. The summed E-state index contributed by atoms with van der Waals surface area (Å²) in [5.41, 5.74) is 1.45. The van der Waals surface area contributed by atoms with E-state index in [1.165, 1.54) is 19.3 Å². The monoisotopic (exact) mass is 290 g/mol. The van der Waals surface area contributed by atoms with E-state index >= 15 is 0 Å². The van der Waals surface area contributed by atoms with Gasteiger partial charge in [0.1, 0.15) is 0 Å². The van der Waals surface area contributed by atoms with Gasteiger partial charge in [-0.2, -0.15) is 0 Å². The van der Waals surface area contributed by atoms with Gasteiger partial charge in [-0.1, -0.05) is 13.8 Å². The smallest absolute Gasteiger partial charge is 0.197 e. The van der Waals surface area contributed by atoms with Crippen LogP contribution in [0.15, 0.2) is 11.3 Å². The minimum Gasteiger partial charge on any atom is -0.504 e. The van der Waals surface area contributed by atoms with Gasteiger partial charge in [-0.3, -0.25) is 4.79 Å². The number of fused-ring (bicyclic) bond motifs is 5. The molecule has 0 bridgehead atoms. The van der Waals surface area contributed by atoms with Crippen LogP contribution in [-0.4, -0.2) is 23.6 Å². The average Bonchev–Trinajstić information content (AvgIpc) is 2.85. The van der Waals surface area contributed by atoms with Gasteiger partial charge in [-0.25, -0.2) is 0 Å². The molecule has 116 valence electrons. The Bertz CT molecular complexity index is 523. The highest BCUT2D eigenvalue weighted by atomic mass is 16.5. The van der Waals surface area contributed by atoms with Crippen molar-refractivity contribution < 1.29 is 14.6 Å². The lowest BCUT2D eigenvalue weighted by atomic mass is 9.49. The average molecular weight is 290 g/mol. The van der Waals surface area contributed by atoms with E-state index in [4.69, 9.17) is 4.74 Å². The van der Waals surface area contributed by atoms with Gasteiger partial charge in [-0.15, -0.1) is 0 Å². The van der Waals surface area contributed by atoms with Gasteiger partial charge in [0.25, 0.3) is 0 Å². The maximum Gasteiger partial charge on any atom is 0.197 e. The van der Waals surface area contributed by atoms with Crippen LogP contribution in [-0.2, 0) is 9.53 Å². The number of allylic oxidation sites excluding steroid dienone is 2. The van der Waals surface area contributed by atoms with Crippen LogP contribution in [0.3, 0.4) is 0 Å². The largest absolute Gasteiger partial charge is 0.504 e. The second-order valence-corrected chi connectivity index (χ2v) is 8.21. The van der Waals surface area contributed by atoms with Crippen LogP contribution in [0.25, 0.3) is 0 Å². The lowest BCUT2D eigenvalue weighted by Gasteiger charge is -2.56. The minimum absolute atomic E-state index is 0.0220. The van der Waals surface area contributed by atoms with E-state index in [0.717, 1.165) is 31.4 Å². The third-order valence-corrected chi connectivity index (χ3v) is 7.25. The van der Waals surface area contributed by atoms with Crippen molar-refractivity contribution in [3.8, 4) is 0 Å². The van der Waals surface area contributed by atoms with E-state index in [0.29, 0.717) is 29.8 Å². The van der Waals surface area contributed by atoms with Crippen molar-refractivity contribution in [2.75, 3.05) is 6.61 Å². The van der Waals surface area contributed by atoms with Crippen molar-refractivity contribution in [2.24, 2.45) is 22.7 Å². The Morgan fingerprint density at radius 2 is 1.95 bits per heavy atom. The normalized spacial score (nSPS) is 49.6. The molecule has 0 amide bonds. The number of Topliss-reactive ketones (excluding diaryl/α,β-unsaturated/α-hetero) is 1. The summed E-state index contributed by atoms with van der Waals surface area (Å²) in [6.45, 7) is 5.60. The van der Waals surface area contributed by atoms with E-state index in [9.17, 15) is 9.90 Å². The van der Waals surface area contributed by atoms with E-state index in [-0.39, 0.29) is 17.0 Å². The third-order valence-electron chi connectivity index (χ3n) is 7.25.